The second-order valence-corrected chi connectivity index (χ2v) is 9.85. The Morgan fingerprint density at radius 1 is 1.00 bits per heavy atom. The molecule has 3 unspecified atom stereocenters. The van der Waals surface area contributed by atoms with Crippen molar-refractivity contribution in [2.45, 2.75) is 55.5 Å². The van der Waals surface area contributed by atoms with E-state index in [0.29, 0.717) is 31.2 Å². The minimum atomic E-state index is -5.14. The number of primary amides is 1. The standard InChI is InChI=1S/C24H19F8N3O2/c25-16-6-15(24(30,31)32)17(26)5-14(16)19(10-1-2-10)22-7-12(22)4-18(20(33)36)35(22)21(37)11-3-13(9-34-8-11)23(27,28)29/h3,5-6,8-10,12,18-19H,1-2,4,7H2,(H2,33,36)/t12?,18?,19-,22?/m1/s1. The van der Waals surface area contributed by atoms with Crippen molar-refractivity contribution in [2.75, 3.05) is 0 Å². The molecular formula is C24H19F8N3O2. The average molecular weight is 533 g/mol. The molecule has 13 heteroatoms. The monoisotopic (exact) mass is 533 g/mol. The third-order valence-electron chi connectivity index (χ3n) is 7.61. The van der Waals surface area contributed by atoms with Gasteiger partial charge in [-0.2, -0.15) is 26.3 Å². The molecule has 3 aliphatic rings. The van der Waals surface area contributed by atoms with E-state index in [1.54, 1.807) is 0 Å². The first-order valence-corrected chi connectivity index (χ1v) is 11.4. The van der Waals surface area contributed by atoms with E-state index < -0.39 is 75.9 Å². The number of pyridine rings is 1. The Labute approximate surface area is 204 Å². The van der Waals surface area contributed by atoms with Crippen LogP contribution < -0.4 is 5.73 Å². The highest BCUT2D eigenvalue weighted by molar-refractivity contribution is 5.99. The highest BCUT2D eigenvalue weighted by Crippen LogP contribution is 2.69. The minimum absolute atomic E-state index is 0.0431. The van der Waals surface area contributed by atoms with E-state index in [0.717, 1.165) is 11.1 Å². The van der Waals surface area contributed by atoms with E-state index in [1.807, 2.05) is 0 Å². The van der Waals surface area contributed by atoms with Crippen LogP contribution in [0.2, 0.25) is 0 Å². The van der Waals surface area contributed by atoms with Crippen LogP contribution >= 0.6 is 0 Å². The van der Waals surface area contributed by atoms with E-state index in [1.165, 1.54) is 0 Å². The van der Waals surface area contributed by atoms with E-state index in [-0.39, 0.29) is 30.4 Å². The first kappa shape index (κ1) is 25.4. The number of amides is 2. The molecule has 0 bridgehead atoms. The predicted molar refractivity (Wildman–Crippen MR) is 111 cm³/mol. The first-order chi connectivity index (χ1) is 17.2. The van der Waals surface area contributed by atoms with Gasteiger partial charge < -0.3 is 10.6 Å². The van der Waals surface area contributed by atoms with Gasteiger partial charge in [-0.05, 0) is 61.3 Å². The molecule has 1 aromatic heterocycles. The van der Waals surface area contributed by atoms with Gasteiger partial charge in [-0.15, -0.1) is 0 Å². The predicted octanol–water partition coefficient (Wildman–Crippen LogP) is 5.05. The topological polar surface area (TPSA) is 76.3 Å². The lowest BCUT2D eigenvalue weighted by atomic mass is 9.82. The van der Waals surface area contributed by atoms with Crippen LogP contribution in [0.3, 0.4) is 0 Å². The smallest absolute Gasteiger partial charge is 0.368 e. The number of nitrogens with zero attached hydrogens (tertiary/aromatic N) is 2. The summed E-state index contributed by atoms with van der Waals surface area (Å²) in [6.07, 6.45) is -7.26. The Morgan fingerprint density at radius 3 is 2.24 bits per heavy atom. The van der Waals surface area contributed by atoms with Crippen molar-refractivity contribution in [2.24, 2.45) is 17.6 Å². The molecule has 5 rings (SSSR count). The van der Waals surface area contributed by atoms with E-state index >= 15 is 4.39 Å². The van der Waals surface area contributed by atoms with Crippen LogP contribution in [0, 0.1) is 23.5 Å². The average Bonchev–Trinajstić information content (AvgIpc) is 3.72. The van der Waals surface area contributed by atoms with Gasteiger partial charge in [-0.1, -0.05) is 0 Å². The molecule has 198 valence electrons. The molecule has 1 aliphatic heterocycles. The Kier molecular flexibility index (Phi) is 5.58. The molecule has 5 nitrogen and oxygen atoms in total. The van der Waals surface area contributed by atoms with Crippen molar-refractivity contribution in [3.63, 3.8) is 0 Å². The lowest BCUT2D eigenvalue weighted by Crippen LogP contribution is -2.53. The molecule has 2 saturated carbocycles. The maximum absolute atomic E-state index is 15.1. The van der Waals surface area contributed by atoms with Gasteiger partial charge in [0.1, 0.15) is 17.7 Å². The Balaban J connectivity index is 1.61. The number of hydrogen-bond acceptors (Lipinski definition) is 3. The number of carbonyl (C=O) groups is 2. The number of rotatable bonds is 5. The number of alkyl halides is 6. The highest BCUT2D eigenvalue weighted by atomic mass is 19.4. The van der Waals surface area contributed by atoms with Crippen molar-refractivity contribution >= 4 is 11.8 Å². The van der Waals surface area contributed by atoms with Crippen molar-refractivity contribution < 1.29 is 44.7 Å². The molecule has 4 atom stereocenters. The van der Waals surface area contributed by atoms with Crippen LogP contribution in [0.25, 0.3) is 0 Å². The maximum atomic E-state index is 15.1. The second kappa shape index (κ2) is 8.12. The van der Waals surface area contributed by atoms with E-state index in [4.69, 9.17) is 5.73 Å². The summed E-state index contributed by atoms with van der Waals surface area (Å²) in [5, 5.41) is 0. The zero-order valence-electron chi connectivity index (χ0n) is 18.8. The summed E-state index contributed by atoms with van der Waals surface area (Å²) < 4.78 is 109. The molecule has 2 aromatic rings. The lowest BCUT2D eigenvalue weighted by Gasteiger charge is -2.39. The quantitative estimate of drug-likeness (QED) is 0.547. The molecule has 2 N–H and O–H groups in total. The number of piperidine rings is 1. The molecule has 2 heterocycles. The van der Waals surface area contributed by atoms with Crippen LogP contribution in [-0.2, 0) is 17.1 Å². The number of fused-ring (bicyclic) bond motifs is 1. The number of carbonyl (C=O) groups excluding carboxylic acids is 2. The SMILES string of the molecule is NC(=O)C1CC2CC2([C@@H](c2cc(F)c(C(F)(F)F)cc2F)C2CC2)N1C(=O)c1cncc(C(F)(F)F)c1. The van der Waals surface area contributed by atoms with Crippen molar-refractivity contribution in [3.05, 3.63) is 64.5 Å². The first-order valence-electron chi connectivity index (χ1n) is 11.4. The molecule has 1 aromatic carbocycles. The Hall–Kier alpha value is -3.25. The summed E-state index contributed by atoms with van der Waals surface area (Å²) in [5.74, 6) is -6.69. The zero-order chi connectivity index (χ0) is 27.1. The third kappa shape index (κ3) is 4.11. The van der Waals surface area contributed by atoms with Gasteiger partial charge in [-0.3, -0.25) is 14.6 Å². The summed E-state index contributed by atoms with van der Waals surface area (Å²) in [5.41, 5.74) is 0.346. The molecule has 2 aliphatic carbocycles. The fourth-order valence-corrected chi connectivity index (χ4v) is 5.92. The second-order valence-electron chi connectivity index (χ2n) is 9.85. The van der Waals surface area contributed by atoms with Crippen molar-refractivity contribution in [1.29, 1.82) is 0 Å². The van der Waals surface area contributed by atoms with Crippen LogP contribution in [-0.4, -0.2) is 33.3 Å². The summed E-state index contributed by atoms with van der Waals surface area (Å²) in [6, 6.07) is -0.139. The summed E-state index contributed by atoms with van der Waals surface area (Å²) in [4.78, 5) is 30.4. The van der Waals surface area contributed by atoms with Gasteiger partial charge in [-0.25, -0.2) is 8.78 Å². The number of aromatic nitrogens is 1. The lowest BCUT2D eigenvalue weighted by molar-refractivity contribution is -0.140. The largest absolute Gasteiger partial charge is 0.419 e. The minimum Gasteiger partial charge on any atom is -0.368 e. The molecule has 0 radical (unpaired) electrons. The van der Waals surface area contributed by atoms with E-state index in [2.05, 4.69) is 4.98 Å². The van der Waals surface area contributed by atoms with Crippen molar-refractivity contribution in [1.82, 2.24) is 9.88 Å². The van der Waals surface area contributed by atoms with Gasteiger partial charge in [0, 0.05) is 18.3 Å². The van der Waals surface area contributed by atoms with Gasteiger partial charge in [0.2, 0.25) is 5.91 Å². The number of likely N-dealkylation sites (tertiary alicyclic amines) is 1. The zero-order valence-corrected chi connectivity index (χ0v) is 18.8. The fraction of sp³-hybridized carbons (Fsp3) is 0.458. The van der Waals surface area contributed by atoms with Gasteiger partial charge in [0.15, 0.2) is 0 Å². The van der Waals surface area contributed by atoms with Gasteiger partial charge in [0.25, 0.3) is 5.91 Å². The summed E-state index contributed by atoms with van der Waals surface area (Å²) in [6.45, 7) is 0. The molecular weight excluding hydrogens is 514 g/mol. The highest BCUT2D eigenvalue weighted by Gasteiger charge is 2.73. The molecule has 2 amide bonds. The molecule has 1 saturated heterocycles. The van der Waals surface area contributed by atoms with Crippen LogP contribution in [0.5, 0.6) is 0 Å². The molecule has 3 fully saturated rings. The summed E-state index contributed by atoms with van der Waals surface area (Å²) in [7, 11) is 0. The van der Waals surface area contributed by atoms with Gasteiger partial charge in [0.05, 0.1) is 22.2 Å². The number of halogens is 8. The van der Waals surface area contributed by atoms with Crippen LogP contribution in [0.1, 0.15) is 58.6 Å². The van der Waals surface area contributed by atoms with Gasteiger partial charge >= 0.3 is 12.4 Å². The Bertz CT molecular complexity index is 1290. The molecule has 0 spiro atoms. The number of benzene rings is 1. The Morgan fingerprint density at radius 2 is 1.68 bits per heavy atom. The van der Waals surface area contributed by atoms with E-state index in [9.17, 15) is 40.3 Å². The van der Waals surface area contributed by atoms with Crippen molar-refractivity contribution in [3.8, 4) is 0 Å². The normalized spacial score (nSPS) is 26.1. The fourth-order valence-electron chi connectivity index (χ4n) is 5.92. The molecule has 37 heavy (non-hydrogen) atoms. The maximum Gasteiger partial charge on any atom is 0.419 e. The number of hydrogen-bond donors (Lipinski definition) is 1. The third-order valence-corrected chi connectivity index (χ3v) is 7.61. The van der Waals surface area contributed by atoms with Crippen LogP contribution in [0.15, 0.2) is 30.6 Å². The summed E-state index contributed by atoms with van der Waals surface area (Å²) >= 11 is 0. The number of nitrogens with two attached hydrogens (primary N) is 1. The van der Waals surface area contributed by atoms with Crippen LogP contribution in [0.4, 0.5) is 35.1 Å².